The predicted octanol–water partition coefficient (Wildman–Crippen LogP) is 2.89. The van der Waals surface area contributed by atoms with Gasteiger partial charge in [0.15, 0.2) is 0 Å². The molecule has 2 aliphatic rings. The lowest BCUT2D eigenvalue weighted by atomic mass is 10.0. The average molecular weight is 402 g/mol. The fraction of sp³-hybridized carbons (Fsp3) is 0.421. The number of aromatic nitrogens is 2. The van der Waals surface area contributed by atoms with E-state index >= 15 is 0 Å². The second-order valence-electron chi connectivity index (χ2n) is 7.87. The van der Waals surface area contributed by atoms with Crippen LogP contribution in [0.1, 0.15) is 49.6 Å². The molecule has 2 N–H and O–H groups in total. The number of carbonyl (C=O) groups is 1. The highest BCUT2D eigenvalue weighted by Gasteiger charge is 2.35. The van der Waals surface area contributed by atoms with E-state index in [1.807, 2.05) is 30.7 Å². The van der Waals surface area contributed by atoms with Crippen molar-refractivity contribution in [1.82, 2.24) is 14.7 Å². The number of aryl methyl sites for hydroxylation is 1. The molecule has 1 aromatic heterocycles. The molecule has 28 heavy (non-hydrogen) atoms. The van der Waals surface area contributed by atoms with E-state index in [9.17, 15) is 13.2 Å². The monoisotopic (exact) mass is 402 g/mol. The molecule has 4 rings (SSSR count). The number of fused-ring (bicyclic) bond motifs is 1. The van der Waals surface area contributed by atoms with Gasteiger partial charge in [-0.15, -0.1) is 0 Å². The minimum atomic E-state index is -4.12. The van der Waals surface area contributed by atoms with Crippen LogP contribution in [-0.2, 0) is 16.4 Å². The normalized spacial score (nSPS) is 17.5. The molecule has 0 radical (unpaired) electrons. The van der Waals surface area contributed by atoms with Gasteiger partial charge in [-0.1, -0.05) is 12.1 Å². The summed E-state index contributed by atoms with van der Waals surface area (Å²) in [5, 5.41) is 2.42. The fourth-order valence-electron chi connectivity index (χ4n) is 3.34. The molecule has 0 atom stereocenters. The molecule has 2 aromatic rings. The van der Waals surface area contributed by atoms with Crippen LogP contribution in [0.3, 0.4) is 0 Å². The van der Waals surface area contributed by atoms with E-state index in [1.54, 1.807) is 13.0 Å². The Hall–Kier alpha value is -2.68. The van der Waals surface area contributed by atoms with Crippen LogP contribution in [0.4, 0.5) is 10.7 Å². The maximum Gasteiger partial charge on any atom is 0.335 e. The van der Waals surface area contributed by atoms with Crippen LogP contribution in [0.15, 0.2) is 29.2 Å². The number of nitrogens with one attached hydrogen (secondary N) is 2. The number of nitrogens with zero attached hydrogens (tertiary/aromatic N) is 2. The minimum Gasteiger partial charge on any atom is -0.486 e. The average Bonchev–Trinajstić information content (AvgIpc) is 3.35. The molecule has 2 amide bonds. The van der Waals surface area contributed by atoms with Gasteiger partial charge in [0.1, 0.15) is 16.2 Å². The maximum absolute atomic E-state index is 12.8. The third-order valence-corrected chi connectivity index (χ3v) is 6.02. The minimum absolute atomic E-state index is 0.0606. The standard InChI is InChI=1S/C19H22N4O4S/c1-11-9-14(12-7-8-12)21-17(20-11)22-18(24)23-28(25,26)15-6-4-5-13-10-19(2,3)27-16(13)15/h4-6,9,12H,7-8,10H2,1-3H3,(H2,20,21,22,23,24). The van der Waals surface area contributed by atoms with Crippen LogP contribution in [0, 0.1) is 6.92 Å². The van der Waals surface area contributed by atoms with E-state index in [0.29, 0.717) is 18.0 Å². The quantitative estimate of drug-likeness (QED) is 0.814. The van der Waals surface area contributed by atoms with Gasteiger partial charge in [-0.05, 0) is 51.3 Å². The van der Waals surface area contributed by atoms with Crippen molar-refractivity contribution in [3.63, 3.8) is 0 Å². The summed E-state index contributed by atoms with van der Waals surface area (Å²) in [5.74, 6) is 0.766. The smallest absolute Gasteiger partial charge is 0.335 e. The number of amides is 2. The molecule has 148 valence electrons. The van der Waals surface area contributed by atoms with Crippen LogP contribution in [-0.4, -0.2) is 30.0 Å². The predicted molar refractivity (Wildman–Crippen MR) is 103 cm³/mol. The SMILES string of the molecule is Cc1cc(C2CC2)nc(NC(=O)NS(=O)(=O)c2cccc3c2OC(C)(C)C3)n1. The number of sulfonamides is 1. The Bertz CT molecular complexity index is 1060. The zero-order valence-corrected chi connectivity index (χ0v) is 16.8. The Labute approximate surface area is 163 Å². The molecule has 2 heterocycles. The van der Waals surface area contributed by atoms with Crippen molar-refractivity contribution in [2.45, 2.75) is 56.4 Å². The molecule has 1 aromatic carbocycles. The Balaban J connectivity index is 1.53. The van der Waals surface area contributed by atoms with Crippen molar-refractivity contribution in [3.05, 3.63) is 41.2 Å². The Morgan fingerprint density at radius 2 is 2.00 bits per heavy atom. The first-order valence-electron chi connectivity index (χ1n) is 9.13. The van der Waals surface area contributed by atoms with Gasteiger partial charge in [-0.25, -0.2) is 27.9 Å². The van der Waals surface area contributed by atoms with Crippen LogP contribution in [0.5, 0.6) is 5.75 Å². The number of urea groups is 1. The van der Waals surface area contributed by atoms with E-state index in [1.165, 1.54) is 6.07 Å². The molecule has 0 bridgehead atoms. The summed E-state index contributed by atoms with van der Waals surface area (Å²) in [7, 11) is -4.12. The molecule has 1 fully saturated rings. The first-order valence-corrected chi connectivity index (χ1v) is 10.6. The zero-order valence-electron chi connectivity index (χ0n) is 15.9. The molecule has 1 saturated carbocycles. The van der Waals surface area contributed by atoms with Gasteiger partial charge in [-0.2, -0.15) is 0 Å². The second kappa shape index (κ2) is 6.44. The molecule has 0 unspecified atom stereocenters. The van der Waals surface area contributed by atoms with E-state index in [2.05, 4.69) is 15.3 Å². The molecule has 1 aliphatic carbocycles. The fourth-order valence-corrected chi connectivity index (χ4v) is 4.42. The van der Waals surface area contributed by atoms with Gasteiger partial charge in [0, 0.05) is 23.7 Å². The number of carbonyl (C=O) groups excluding carboxylic acids is 1. The van der Waals surface area contributed by atoms with E-state index in [0.717, 1.165) is 24.1 Å². The highest BCUT2D eigenvalue weighted by molar-refractivity contribution is 7.90. The maximum atomic E-state index is 12.8. The van der Waals surface area contributed by atoms with Crippen molar-refractivity contribution >= 4 is 22.0 Å². The summed E-state index contributed by atoms with van der Waals surface area (Å²) in [6.45, 7) is 5.58. The van der Waals surface area contributed by atoms with Gasteiger partial charge < -0.3 is 4.74 Å². The van der Waals surface area contributed by atoms with Crippen molar-refractivity contribution in [3.8, 4) is 5.75 Å². The van der Waals surface area contributed by atoms with E-state index < -0.39 is 21.7 Å². The molecular weight excluding hydrogens is 380 g/mol. The zero-order chi connectivity index (χ0) is 20.1. The number of hydrogen-bond donors (Lipinski definition) is 2. The third kappa shape index (κ3) is 3.80. The third-order valence-electron chi connectivity index (χ3n) is 4.67. The molecular formula is C19H22N4O4S. The lowest BCUT2D eigenvalue weighted by Crippen LogP contribution is -2.35. The number of rotatable bonds is 4. The summed E-state index contributed by atoms with van der Waals surface area (Å²) in [5.41, 5.74) is 1.88. The first-order chi connectivity index (χ1) is 13.1. The van der Waals surface area contributed by atoms with Gasteiger partial charge in [0.05, 0.1) is 0 Å². The number of hydrogen-bond acceptors (Lipinski definition) is 6. The summed E-state index contributed by atoms with van der Waals surface area (Å²) >= 11 is 0. The second-order valence-corrected chi connectivity index (χ2v) is 9.53. The topological polar surface area (TPSA) is 110 Å². The van der Waals surface area contributed by atoms with Crippen molar-refractivity contribution in [2.75, 3.05) is 5.32 Å². The number of para-hydroxylation sites is 1. The van der Waals surface area contributed by atoms with Crippen LogP contribution in [0.2, 0.25) is 0 Å². The molecule has 0 saturated heterocycles. The highest BCUT2D eigenvalue weighted by Crippen LogP contribution is 2.40. The number of anilines is 1. The van der Waals surface area contributed by atoms with E-state index in [-0.39, 0.29) is 16.6 Å². The summed E-state index contributed by atoms with van der Waals surface area (Å²) in [4.78, 5) is 20.7. The highest BCUT2D eigenvalue weighted by atomic mass is 32.2. The van der Waals surface area contributed by atoms with Gasteiger partial charge >= 0.3 is 6.03 Å². The summed E-state index contributed by atoms with van der Waals surface area (Å²) in [6.07, 6.45) is 2.72. The number of benzene rings is 1. The Kier molecular flexibility index (Phi) is 4.29. The van der Waals surface area contributed by atoms with Gasteiger partial charge in [-0.3, -0.25) is 5.32 Å². The van der Waals surface area contributed by atoms with E-state index in [4.69, 9.17) is 4.74 Å². The molecule has 1 aliphatic heterocycles. The van der Waals surface area contributed by atoms with Crippen molar-refractivity contribution in [2.24, 2.45) is 0 Å². The molecule has 9 heteroatoms. The van der Waals surface area contributed by atoms with Crippen molar-refractivity contribution in [1.29, 1.82) is 0 Å². The molecule has 0 spiro atoms. The van der Waals surface area contributed by atoms with Gasteiger partial charge in [0.2, 0.25) is 5.95 Å². The van der Waals surface area contributed by atoms with Gasteiger partial charge in [0.25, 0.3) is 10.0 Å². The largest absolute Gasteiger partial charge is 0.486 e. The lowest BCUT2D eigenvalue weighted by molar-refractivity contribution is 0.135. The van der Waals surface area contributed by atoms with Crippen LogP contribution >= 0.6 is 0 Å². The Morgan fingerprint density at radius 3 is 2.71 bits per heavy atom. The summed E-state index contributed by atoms with van der Waals surface area (Å²) in [6, 6.07) is 5.85. The first kappa shape index (κ1) is 18.7. The number of ether oxygens (including phenoxy) is 1. The summed E-state index contributed by atoms with van der Waals surface area (Å²) < 4.78 is 33.4. The van der Waals surface area contributed by atoms with Crippen LogP contribution < -0.4 is 14.8 Å². The van der Waals surface area contributed by atoms with Crippen LogP contribution in [0.25, 0.3) is 0 Å². The Morgan fingerprint density at radius 1 is 1.25 bits per heavy atom. The van der Waals surface area contributed by atoms with Crippen molar-refractivity contribution < 1.29 is 17.9 Å². The lowest BCUT2D eigenvalue weighted by Gasteiger charge is -2.18. The molecule has 8 nitrogen and oxygen atoms in total.